The van der Waals surface area contributed by atoms with Gasteiger partial charge in [-0.2, -0.15) is 0 Å². The average Bonchev–Trinajstić information content (AvgIpc) is 2.35. The highest BCUT2D eigenvalue weighted by molar-refractivity contribution is 5.21. The molecule has 1 aromatic carbocycles. The first-order chi connectivity index (χ1) is 8.56. The van der Waals surface area contributed by atoms with Crippen molar-refractivity contribution < 1.29 is 4.39 Å². The summed E-state index contributed by atoms with van der Waals surface area (Å²) in [6.45, 7) is 8.21. The average molecular weight is 252 g/mol. The molecule has 1 unspecified atom stereocenters. The van der Waals surface area contributed by atoms with E-state index in [1.54, 1.807) is 6.07 Å². The van der Waals surface area contributed by atoms with E-state index in [-0.39, 0.29) is 11.9 Å². The monoisotopic (exact) mass is 252 g/mol. The molecule has 102 valence electrons. The highest BCUT2D eigenvalue weighted by Gasteiger charge is 2.15. The van der Waals surface area contributed by atoms with Gasteiger partial charge in [0.05, 0.1) is 0 Å². The Morgan fingerprint density at radius 3 is 2.50 bits per heavy atom. The van der Waals surface area contributed by atoms with E-state index in [2.05, 4.69) is 38.0 Å². The Balaban J connectivity index is 2.68. The van der Waals surface area contributed by atoms with Crippen molar-refractivity contribution in [2.45, 2.75) is 39.3 Å². The summed E-state index contributed by atoms with van der Waals surface area (Å²) in [5.41, 5.74) is 0.775. The fourth-order valence-electron chi connectivity index (χ4n) is 1.96. The normalized spacial score (nSPS) is 13.3. The van der Waals surface area contributed by atoms with E-state index in [1.807, 2.05) is 12.1 Å². The number of rotatable bonds is 7. The Labute approximate surface area is 110 Å². The number of halogens is 1. The minimum absolute atomic E-state index is 0.0948. The van der Waals surface area contributed by atoms with Crippen LogP contribution in [0.2, 0.25) is 0 Å². The van der Waals surface area contributed by atoms with Gasteiger partial charge < -0.3 is 10.2 Å². The lowest BCUT2D eigenvalue weighted by atomic mass is 10.0. The van der Waals surface area contributed by atoms with E-state index in [1.165, 1.54) is 6.07 Å². The van der Waals surface area contributed by atoms with Crippen molar-refractivity contribution in [1.82, 2.24) is 10.2 Å². The summed E-state index contributed by atoms with van der Waals surface area (Å²) in [6.07, 6.45) is 0.920. The molecule has 1 atom stereocenters. The third kappa shape index (κ3) is 4.39. The molecule has 0 aliphatic rings. The van der Waals surface area contributed by atoms with Gasteiger partial charge in [-0.25, -0.2) is 4.39 Å². The summed E-state index contributed by atoms with van der Waals surface area (Å²) in [6, 6.07) is 7.66. The number of hydrogen-bond acceptors (Lipinski definition) is 2. The molecule has 1 rings (SSSR count). The first kappa shape index (κ1) is 15.1. The molecule has 0 aromatic heterocycles. The molecule has 1 aromatic rings. The molecule has 2 nitrogen and oxygen atoms in total. The molecule has 0 saturated heterocycles. The second-order valence-electron chi connectivity index (χ2n) is 4.99. The predicted molar refractivity (Wildman–Crippen MR) is 75.2 cm³/mol. The zero-order valence-corrected chi connectivity index (χ0v) is 11.9. The lowest BCUT2D eigenvalue weighted by Gasteiger charge is -2.25. The van der Waals surface area contributed by atoms with Crippen LogP contribution in [-0.2, 0) is 0 Å². The molecule has 0 bridgehead atoms. The van der Waals surface area contributed by atoms with Crippen molar-refractivity contribution in [1.29, 1.82) is 0 Å². The largest absolute Gasteiger partial charge is 0.310 e. The van der Waals surface area contributed by atoms with Gasteiger partial charge in [-0.15, -0.1) is 0 Å². The maximum Gasteiger partial charge on any atom is 0.127 e. The molecule has 0 fully saturated rings. The van der Waals surface area contributed by atoms with Crippen molar-refractivity contribution in [3.05, 3.63) is 35.6 Å². The maximum atomic E-state index is 13.8. The molecule has 18 heavy (non-hydrogen) atoms. The van der Waals surface area contributed by atoms with Gasteiger partial charge >= 0.3 is 0 Å². The fraction of sp³-hybridized carbons (Fsp3) is 0.600. The van der Waals surface area contributed by atoms with Crippen LogP contribution < -0.4 is 5.32 Å². The lowest BCUT2D eigenvalue weighted by molar-refractivity contribution is 0.256. The third-order valence-corrected chi connectivity index (χ3v) is 3.38. The molecule has 0 radical (unpaired) electrons. The molecule has 3 heteroatoms. The number of nitrogens with one attached hydrogen (secondary N) is 1. The maximum absolute atomic E-state index is 13.8. The van der Waals surface area contributed by atoms with Gasteiger partial charge in [0.25, 0.3) is 0 Å². The SMILES string of the molecule is CCNC(CCN(C)C(C)C)c1ccccc1F. The smallest absolute Gasteiger partial charge is 0.127 e. The zero-order valence-electron chi connectivity index (χ0n) is 11.9. The van der Waals surface area contributed by atoms with E-state index in [0.717, 1.165) is 25.1 Å². The topological polar surface area (TPSA) is 15.3 Å². The van der Waals surface area contributed by atoms with Gasteiger partial charge in [0.1, 0.15) is 5.82 Å². The Bertz CT molecular complexity index is 352. The van der Waals surface area contributed by atoms with Crippen LogP contribution in [0.1, 0.15) is 38.8 Å². The molecule has 0 heterocycles. The summed E-state index contributed by atoms with van der Waals surface area (Å²) >= 11 is 0. The van der Waals surface area contributed by atoms with Crippen LogP contribution in [0, 0.1) is 5.82 Å². The van der Waals surface area contributed by atoms with E-state index in [9.17, 15) is 4.39 Å². The standard InChI is InChI=1S/C15H25FN2/c1-5-17-15(10-11-18(4)12(2)3)13-8-6-7-9-14(13)16/h6-9,12,15,17H,5,10-11H2,1-4H3. The highest BCUT2D eigenvalue weighted by Crippen LogP contribution is 2.20. The molecule has 0 amide bonds. The Hall–Kier alpha value is -0.930. The summed E-state index contributed by atoms with van der Waals surface area (Å²) in [7, 11) is 2.11. The van der Waals surface area contributed by atoms with Crippen LogP contribution in [0.5, 0.6) is 0 Å². The van der Waals surface area contributed by atoms with Crippen molar-refractivity contribution in [2.24, 2.45) is 0 Å². The van der Waals surface area contributed by atoms with Gasteiger partial charge in [0, 0.05) is 17.6 Å². The van der Waals surface area contributed by atoms with Gasteiger partial charge in [0.15, 0.2) is 0 Å². The Morgan fingerprint density at radius 2 is 1.94 bits per heavy atom. The summed E-state index contributed by atoms with van der Waals surface area (Å²) in [5.74, 6) is -0.115. The Kier molecular flexibility index (Phi) is 6.30. The lowest BCUT2D eigenvalue weighted by Crippen LogP contribution is -2.31. The van der Waals surface area contributed by atoms with Crippen LogP contribution in [0.4, 0.5) is 4.39 Å². The van der Waals surface area contributed by atoms with Crippen LogP contribution >= 0.6 is 0 Å². The molecule has 1 N–H and O–H groups in total. The van der Waals surface area contributed by atoms with Gasteiger partial charge in [-0.3, -0.25) is 0 Å². The zero-order chi connectivity index (χ0) is 13.5. The molecule has 0 aliphatic heterocycles. The van der Waals surface area contributed by atoms with Crippen molar-refractivity contribution >= 4 is 0 Å². The molecular formula is C15H25FN2. The van der Waals surface area contributed by atoms with Gasteiger partial charge in [0.2, 0.25) is 0 Å². The van der Waals surface area contributed by atoms with Crippen LogP contribution in [0.25, 0.3) is 0 Å². The molecule has 0 saturated carbocycles. The summed E-state index contributed by atoms with van der Waals surface area (Å²) in [5, 5.41) is 3.37. The summed E-state index contributed by atoms with van der Waals surface area (Å²) < 4.78 is 13.8. The predicted octanol–water partition coefficient (Wildman–Crippen LogP) is 3.21. The van der Waals surface area contributed by atoms with Gasteiger partial charge in [-0.1, -0.05) is 25.1 Å². The first-order valence-electron chi connectivity index (χ1n) is 6.74. The van der Waals surface area contributed by atoms with E-state index in [0.29, 0.717) is 6.04 Å². The van der Waals surface area contributed by atoms with Crippen molar-refractivity contribution in [3.8, 4) is 0 Å². The third-order valence-electron chi connectivity index (χ3n) is 3.38. The first-order valence-corrected chi connectivity index (χ1v) is 6.74. The fourth-order valence-corrected chi connectivity index (χ4v) is 1.96. The Morgan fingerprint density at radius 1 is 1.28 bits per heavy atom. The number of benzene rings is 1. The summed E-state index contributed by atoms with van der Waals surface area (Å²) in [4.78, 5) is 2.28. The highest BCUT2D eigenvalue weighted by atomic mass is 19.1. The minimum Gasteiger partial charge on any atom is -0.310 e. The van der Waals surface area contributed by atoms with Crippen LogP contribution in [-0.4, -0.2) is 31.1 Å². The second-order valence-corrected chi connectivity index (χ2v) is 4.99. The van der Waals surface area contributed by atoms with Crippen LogP contribution in [0.3, 0.4) is 0 Å². The quantitative estimate of drug-likeness (QED) is 0.801. The molecule has 0 spiro atoms. The number of hydrogen-bond donors (Lipinski definition) is 1. The minimum atomic E-state index is -0.115. The molecule has 0 aliphatic carbocycles. The van der Waals surface area contributed by atoms with Crippen molar-refractivity contribution in [3.63, 3.8) is 0 Å². The van der Waals surface area contributed by atoms with Crippen molar-refractivity contribution in [2.75, 3.05) is 20.1 Å². The van der Waals surface area contributed by atoms with Gasteiger partial charge in [-0.05, 0) is 46.5 Å². The van der Waals surface area contributed by atoms with E-state index < -0.39 is 0 Å². The second kappa shape index (κ2) is 7.49. The number of nitrogens with zero attached hydrogens (tertiary/aromatic N) is 1. The van der Waals surface area contributed by atoms with E-state index in [4.69, 9.17) is 0 Å². The van der Waals surface area contributed by atoms with E-state index >= 15 is 0 Å². The molecular weight excluding hydrogens is 227 g/mol. The van der Waals surface area contributed by atoms with Crippen LogP contribution in [0.15, 0.2) is 24.3 Å².